The molecule has 0 spiro atoms. The number of hydrogen-bond donors (Lipinski definition) is 0. The molecule has 0 saturated heterocycles. The highest BCUT2D eigenvalue weighted by molar-refractivity contribution is 5.97. The number of Topliss-reactive ketones (excluding diaryl/α,β-unsaturated/α-hetero) is 1. The summed E-state index contributed by atoms with van der Waals surface area (Å²) in [6.45, 7) is 3.83. The maximum atomic E-state index is 12.1. The zero-order valence-electron chi connectivity index (χ0n) is 10.7. The van der Waals surface area contributed by atoms with E-state index >= 15 is 0 Å². The summed E-state index contributed by atoms with van der Waals surface area (Å²) < 4.78 is 2.23. The van der Waals surface area contributed by atoms with Crippen LogP contribution >= 0.6 is 0 Å². The van der Waals surface area contributed by atoms with E-state index < -0.39 is 11.2 Å². The number of aromatic nitrogens is 2. The first-order chi connectivity index (χ1) is 7.93. The Kier molecular flexibility index (Phi) is 4.04. The molecule has 0 atom stereocenters. The van der Waals surface area contributed by atoms with Gasteiger partial charge in [-0.2, -0.15) is 0 Å². The van der Waals surface area contributed by atoms with Crippen molar-refractivity contribution in [1.82, 2.24) is 9.13 Å². The molecule has 0 aliphatic heterocycles. The van der Waals surface area contributed by atoms with Gasteiger partial charge >= 0.3 is 5.69 Å². The van der Waals surface area contributed by atoms with Crippen molar-refractivity contribution in [2.24, 2.45) is 20.0 Å². The van der Waals surface area contributed by atoms with Gasteiger partial charge in [-0.1, -0.05) is 13.8 Å². The molecule has 0 fully saturated rings. The first-order valence-corrected chi connectivity index (χ1v) is 5.74. The topological polar surface area (TPSA) is 61.1 Å². The van der Waals surface area contributed by atoms with Crippen molar-refractivity contribution in [3.05, 3.63) is 32.6 Å². The molecule has 1 aromatic rings. The van der Waals surface area contributed by atoms with E-state index in [1.165, 1.54) is 24.9 Å². The predicted molar refractivity (Wildman–Crippen MR) is 65.3 cm³/mol. The molecule has 0 aliphatic carbocycles. The molecule has 1 rings (SSSR count). The minimum absolute atomic E-state index is 0.100. The van der Waals surface area contributed by atoms with E-state index in [0.717, 1.165) is 4.57 Å². The summed E-state index contributed by atoms with van der Waals surface area (Å²) in [4.78, 5) is 35.5. The quantitative estimate of drug-likeness (QED) is 0.725. The molecule has 1 aromatic heterocycles. The van der Waals surface area contributed by atoms with Crippen LogP contribution in [0.4, 0.5) is 0 Å². The highest BCUT2D eigenvalue weighted by atomic mass is 16.2. The summed E-state index contributed by atoms with van der Waals surface area (Å²) in [5.41, 5.74) is -0.829. The molecule has 5 nitrogen and oxygen atoms in total. The summed E-state index contributed by atoms with van der Waals surface area (Å²) in [6.07, 6.45) is 2.73. The van der Waals surface area contributed by atoms with Crippen LogP contribution in [0.2, 0.25) is 0 Å². The van der Waals surface area contributed by atoms with Crippen molar-refractivity contribution in [2.45, 2.75) is 26.7 Å². The molecule has 0 aliphatic rings. The summed E-state index contributed by atoms with van der Waals surface area (Å²) in [7, 11) is 2.92. The number of carbonyl (C=O) groups is 1. The minimum Gasteiger partial charge on any atom is -0.303 e. The van der Waals surface area contributed by atoms with Gasteiger partial charge in [0.2, 0.25) is 0 Å². The average Bonchev–Trinajstić information content (AvgIpc) is 2.32. The van der Waals surface area contributed by atoms with Gasteiger partial charge in [-0.3, -0.25) is 14.2 Å². The van der Waals surface area contributed by atoms with Crippen LogP contribution in [0.1, 0.15) is 37.0 Å². The summed E-state index contributed by atoms with van der Waals surface area (Å²) in [5, 5.41) is 0. The molecule has 1 heterocycles. The van der Waals surface area contributed by atoms with Crippen LogP contribution in [0.3, 0.4) is 0 Å². The Bertz CT molecular complexity index is 536. The largest absolute Gasteiger partial charge is 0.330 e. The lowest BCUT2D eigenvalue weighted by molar-refractivity contribution is 0.0910. The van der Waals surface area contributed by atoms with E-state index in [9.17, 15) is 14.4 Å². The van der Waals surface area contributed by atoms with Gasteiger partial charge in [0, 0.05) is 26.2 Å². The van der Waals surface area contributed by atoms with E-state index in [4.69, 9.17) is 0 Å². The summed E-state index contributed by atoms with van der Waals surface area (Å²) in [6, 6.07) is 0. The van der Waals surface area contributed by atoms with Crippen LogP contribution < -0.4 is 11.2 Å². The minimum atomic E-state index is -0.509. The summed E-state index contributed by atoms with van der Waals surface area (Å²) in [5.74, 6) is -0.327. The Morgan fingerprint density at radius 3 is 2.24 bits per heavy atom. The summed E-state index contributed by atoms with van der Waals surface area (Å²) >= 11 is 0. The lowest BCUT2D eigenvalue weighted by Gasteiger charge is -2.12. The highest BCUT2D eigenvalue weighted by Gasteiger charge is 2.21. The molecule has 0 saturated carbocycles. The van der Waals surface area contributed by atoms with Crippen molar-refractivity contribution in [3.63, 3.8) is 0 Å². The number of nitrogens with zero attached hydrogens (tertiary/aromatic N) is 2. The van der Waals surface area contributed by atoms with Gasteiger partial charge in [0.15, 0.2) is 5.78 Å². The number of carbonyl (C=O) groups excluding carboxylic acids is 1. The third kappa shape index (κ3) is 2.38. The third-order valence-electron chi connectivity index (χ3n) is 3.07. The molecule has 0 N–H and O–H groups in total. The van der Waals surface area contributed by atoms with Crippen molar-refractivity contribution in [3.8, 4) is 0 Å². The molecule has 17 heavy (non-hydrogen) atoms. The van der Waals surface area contributed by atoms with E-state index in [0.29, 0.717) is 12.8 Å². The fraction of sp³-hybridized carbons (Fsp3) is 0.583. The number of aryl methyl sites for hydroxylation is 1. The molecular formula is C12H18N2O3. The van der Waals surface area contributed by atoms with Gasteiger partial charge in [-0.15, -0.1) is 0 Å². The number of hydrogen-bond acceptors (Lipinski definition) is 3. The lowest BCUT2D eigenvalue weighted by Crippen LogP contribution is -2.40. The molecule has 5 heteroatoms. The number of rotatable bonds is 4. The average molecular weight is 238 g/mol. The molecule has 0 unspecified atom stereocenters. The van der Waals surface area contributed by atoms with Gasteiger partial charge < -0.3 is 4.57 Å². The van der Waals surface area contributed by atoms with Crippen LogP contribution in [-0.2, 0) is 14.1 Å². The lowest BCUT2D eigenvalue weighted by atomic mass is 9.94. The van der Waals surface area contributed by atoms with Gasteiger partial charge in [0.1, 0.15) is 0 Å². The first-order valence-electron chi connectivity index (χ1n) is 5.74. The van der Waals surface area contributed by atoms with Crippen molar-refractivity contribution in [2.75, 3.05) is 0 Å². The SMILES string of the molecule is CCC(CC)C(=O)c1cn(C)c(=O)n(C)c1=O. The maximum Gasteiger partial charge on any atom is 0.330 e. The predicted octanol–water partition coefficient (Wildman–Crippen LogP) is 0.703. The van der Waals surface area contributed by atoms with Gasteiger partial charge in [-0.05, 0) is 12.8 Å². The molecule has 0 radical (unpaired) electrons. The first kappa shape index (κ1) is 13.4. The fourth-order valence-electron chi connectivity index (χ4n) is 1.86. The van der Waals surface area contributed by atoms with Crippen molar-refractivity contribution in [1.29, 1.82) is 0 Å². The molecule has 0 aromatic carbocycles. The Morgan fingerprint density at radius 2 is 1.76 bits per heavy atom. The molecular weight excluding hydrogens is 220 g/mol. The number of ketones is 1. The van der Waals surface area contributed by atoms with E-state index in [1.807, 2.05) is 13.8 Å². The second-order valence-corrected chi connectivity index (χ2v) is 4.18. The Morgan fingerprint density at radius 1 is 1.24 bits per heavy atom. The second-order valence-electron chi connectivity index (χ2n) is 4.18. The van der Waals surface area contributed by atoms with Gasteiger partial charge in [0.25, 0.3) is 5.56 Å². The van der Waals surface area contributed by atoms with Crippen LogP contribution in [0, 0.1) is 5.92 Å². The maximum absolute atomic E-state index is 12.1. The van der Waals surface area contributed by atoms with Crippen molar-refractivity contribution >= 4 is 5.78 Å². The van der Waals surface area contributed by atoms with Crippen LogP contribution in [0.25, 0.3) is 0 Å². The van der Waals surface area contributed by atoms with E-state index in [2.05, 4.69) is 0 Å². The zero-order chi connectivity index (χ0) is 13.2. The Hall–Kier alpha value is -1.65. The van der Waals surface area contributed by atoms with E-state index in [-0.39, 0.29) is 17.3 Å². The van der Waals surface area contributed by atoms with Gasteiger partial charge in [0.05, 0.1) is 5.56 Å². The molecule has 94 valence electrons. The third-order valence-corrected chi connectivity index (χ3v) is 3.07. The fourth-order valence-corrected chi connectivity index (χ4v) is 1.86. The monoisotopic (exact) mass is 238 g/mol. The van der Waals surface area contributed by atoms with Gasteiger partial charge in [-0.25, -0.2) is 4.79 Å². The van der Waals surface area contributed by atoms with Crippen molar-refractivity contribution < 1.29 is 4.79 Å². The Balaban J connectivity index is 3.39. The smallest absolute Gasteiger partial charge is 0.303 e. The highest BCUT2D eigenvalue weighted by Crippen LogP contribution is 2.12. The second kappa shape index (κ2) is 5.12. The van der Waals surface area contributed by atoms with E-state index in [1.54, 1.807) is 0 Å². The zero-order valence-corrected chi connectivity index (χ0v) is 10.7. The van der Waals surface area contributed by atoms with Crippen LogP contribution in [0.15, 0.2) is 15.8 Å². The normalized spacial score (nSPS) is 10.9. The van der Waals surface area contributed by atoms with Crippen LogP contribution in [0.5, 0.6) is 0 Å². The Labute approximate surface area is 99.7 Å². The standard InChI is InChI=1S/C12H18N2O3/c1-5-8(6-2)10(15)9-7-13(3)12(17)14(4)11(9)16/h7-8H,5-6H2,1-4H3. The molecule has 0 bridgehead atoms. The van der Waals surface area contributed by atoms with Crippen LogP contribution in [-0.4, -0.2) is 14.9 Å². The molecule has 0 amide bonds.